The maximum atomic E-state index is 9.40. The van der Waals surface area contributed by atoms with Crippen LogP contribution in [0.2, 0.25) is 0 Å². The Balaban J connectivity index is 1.93. The first kappa shape index (κ1) is 15.4. The standard InChI is InChI=1S/C18H18N4S/c1-11-6-12(2)17-16(7-11)18(14(8-19)9-21-17)20-5-4-15-10-23-13(3)22-15/h6-7,9-10H,4-5H2,1-3H3,(H,20,21). The zero-order valence-electron chi connectivity index (χ0n) is 13.5. The third-order valence-corrected chi connectivity index (χ3v) is 4.60. The van der Waals surface area contributed by atoms with Crippen LogP contribution in [0.25, 0.3) is 10.9 Å². The number of thiazole rings is 1. The maximum absolute atomic E-state index is 9.40. The normalized spacial score (nSPS) is 10.7. The molecule has 0 amide bonds. The number of aromatic nitrogens is 2. The number of benzene rings is 1. The highest BCUT2D eigenvalue weighted by atomic mass is 32.1. The summed E-state index contributed by atoms with van der Waals surface area (Å²) in [4.78, 5) is 8.93. The van der Waals surface area contributed by atoms with Gasteiger partial charge in [-0.15, -0.1) is 11.3 Å². The van der Waals surface area contributed by atoms with Crippen LogP contribution in [0, 0.1) is 32.1 Å². The van der Waals surface area contributed by atoms with Crippen molar-refractivity contribution in [2.45, 2.75) is 27.2 Å². The van der Waals surface area contributed by atoms with Crippen molar-refractivity contribution in [3.8, 4) is 6.07 Å². The number of anilines is 1. The summed E-state index contributed by atoms with van der Waals surface area (Å²) < 4.78 is 0. The Labute approximate surface area is 139 Å². The van der Waals surface area contributed by atoms with Gasteiger partial charge in [0.2, 0.25) is 0 Å². The van der Waals surface area contributed by atoms with E-state index in [4.69, 9.17) is 0 Å². The van der Waals surface area contributed by atoms with Crippen LogP contribution >= 0.6 is 11.3 Å². The lowest BCUT2D eigenvalue weighted by Crippen LogP contribution is -2.08. The quantitative estimate of drug-likeness (QED) is 0.784. The molecule has 0 aliphatic carbocycles. The average Bonchev–Trinajstić information content (AvgIpc) is 2.93. The minimum atomic E-state index is 0.581. The number of hydrogen-bond acceptors (Lipinski definition) is 5. The molecule has 0 saturated heterocycles. The van der Waals surface area contributed by atoms with Crippen molar-refractivity contribution in [3.63, 3.8) is 0 Å². The number of rotatable bonds is 4. The van der Waals surface area contributed by atoms with E-state index >= 15 is 0 Å². The van der Waals surface area contributed by atoms with Gasteiger partial charge in [-0.05, 0) is 32.4 Å². The molecule has 0 bridgehead atoms. The van der Waals surface area contributed by atoms with Gasteiger partial charge in [-0.2, -0.15) is 5.26 Å². The van der Waals surface area contributed by atoms with Crippen LogP contribution in [0.1, 0.15) is 27.4 Å². The monoisotopic (exact) mass is 322 g/mol. The van der Waals surface area contributed by atoms with Gasteiger partial charge in [-0.25, -0.2) is 4.98 Å². The molecule has 0 unspecified atom stereocenters. The van der Waals surface area contributed by atoms with E-state index < -0.39 is 0 Å². The molecule has 0 saturated carbocycles. The van der Waals surface area contributed by atoms with Crippen molar-refractivity contribution >= 4 is 27.9 Å². The van der Waals surface area contributed by atoms with E-state index in [1.54, 1.807) is 17.5 Å². The smallest absolute Gasteiger partial charge is 0.103 e. The third-order valence-electron chi connectivity index (χ3n) is 3.78. The molecule has 0 spiro atoms. The molecule has 116 valence electrons. The topological polar surface area (TPSA) is 61.6 Å². The van der Waals surface area contributed by atoms with Crippen LogP contribution in [0.5, 0.6) is 0 Å². The van der Waals surface area contributed by atoms with Gasteiger partial charge in [0, 0.05) is 29.9 Å². The van der Waals surface area contributed by atoms with E-state index in [2.05, 4.69) is 52.7 Å². The molecule has 1 aromatic carbocycles. The van der Waals surface area contributed by atoms with Gasteiger partial charge in [0.1, 0.15) is 6.07 Å². The Morgan fingerprint density at radius 2 is 2.09 bits per heavy atom. The first-order chi connectivity index (χ1) is 11.1. The first-order valence-electron chi connectivity index (χ1n) is 7.53. The Kier molecular flexibility index (Phi) is 4.26. The number of nitrogens with one attached hydrogen (secondary N) is 1. The third kappa shape index (κ3) is 3.17. The summed E-state index contributed by atoms with van der Waals surface area (Å²) >= 11 is 1.66. The molecule has 3 rings (SSSR count). The molecule has 0 aliphatic rings. The number of pyridine rings is 1. The molecule has 4 nitrogen and oxygen atoms in total. The molecule has 0 aliphatic heterocycles. The second-order valence-corrected chi connectivity index (χ2v) is 6.73. The maximum Gasteiger partial charge on any atom is 0.103 e. The largest absolute Gasteiger partial charge is 0.383 e. The molecular weight excluding hydrogens is 304 g/mol. The first-order valence-corrected chi connectivity index (χ1v) is 8.41. The van der Waals surface area contributed by atoms with E-state index in [1.165, 1.54) is 5.56 Å². The van der Waals surface area contributed by atoms with Crippen LogP contribution in [-0.2, 0) is 6.42 Å². The molecule has 23 heavy (non-hydrogen) atoms. The van der Waals surface area contributed by atoms with Gasteiger partial charge < -0.3 is 5.32 Å². The highest BCUT2D eigenvalue weighted by molar-refractivity contribution is 7.09. The summed E-state index contributed by atoms with van der Waals surface area (Å²) in [6.07, 6.45) is 2.49. The molecule has 1 N–H and O–H groups in total. The highest BCUT2D eigenvalue weighted by Gasteiger charge is 2.11. The Hall–Kier alpha value is -2.45. The molecule has 3 aromatic rings. The molecule has 2 heterocycles. The lowest BCUT2D eigenvalue weighted by atomic mass is 10.0. The zero-order chi connectivity index (χ0) is 16.4. The van der Waals surface area contributed by atoms with Gasteiger partial charge in [0.25, 0.3) is 0 Å². The number of hydrogen-bond donors (Lipinski definition) is 1. The van der Waals surface area contributed by atoms with Crippen LogP contribution in [0.3, 0.4) is 0 Å². The fourth-order valence-electron chi connectivity index (χ4n) is 2.77. The zero-order valence-corrected chi connectivity index (χ0v) is 14.3. The van der Waals surface area contributed by atoms with Crippen molar-refractivity contribution < 1.29 is 0 Å². The fraction of sp³-hybridized carbons (Fsp3) is 0.278. The minimum absolute atomic E-state index is 0.581. The molecule has 2 aromatic heterocycles. The highest BCUT2D eigenvalue weighted by Crippen LogP contribution is 2.28. The number of nitrogens with zero attached hydrogens (tertiary/aromatic N) is 3. The molecular formula is C18H18N4S. The van der Waals surface area contributed by atoms with Crippen molar-refractivity contribution in [2.75, 3.05) is 11.9 Å². The second kappa shape index (κ2) is 6.35. The van der Waals surface area contributed by atoms with Crippen molar-refractivity contribution in [1.82, 2.24) is 9.97 Å². The lowest BCUT2D eigenvalue weighted by Gasteiger charge is -2.13. The summed E-state index contributed by atoms with van der Waals surface area (Å²) in [5, 5.41) is 17.0. The van der Waals surface area contributed by atoms with Gasteiger partial charge in [0.05, 0.1) is 27.5 Å². The fourth-order valence-corrected chi connectivity index (χ4v) is 3.42. The van der Waals surface area contributed by atoms with E-state index in [9.17, 15) is 5.26 Å². The van der Waals surface area contributed by atoms with Gasteiger partial charge >= 0.3 is 0 Å². The summed E-state index contributed by atoms with van der Waals surface area (Å²) in [5.74, 6) is 0. The lowest BCUT2D eigenvalue weighted by molar-refractivity contribution is 0.969. The molecule has 0 radical (unpaired) electrons. The Morgan fingerprint density at radius 3 is 2.78 bits per heavy atom. The van der Waals surface area contributed by atoms with Crippen LogP contribution < -0.4 is 5.32 Å². The van der Waals surface area contributed by atoms with E-state index in [0.717, 1.165) is 45.8 Å². The summed E-state index contributed by atoms with van der Waals surface area (Å²) in [7, 11) is 0. The van der Waals surface area contributed by atoms with Crippen molar-refractivity contribution in [1.29, 1.82) is 5.26 Å². The van der Waals surface area contributed by atoms with Crippen molar-refractivity contribution in [2.24, 2.45) is 0 Å². The number of fused-ring (bicyclic) bond motifs is 1. The summed E-state index contributed by atoms with van der Waals surface area (Å²) in [5.41, 5.74) is 5.78. The second-order valence-electron chi connectivity index (χ2n) is 5.67. The molecule has 0 fully saturated rings. The van der Waals surface area contributed by atoms with Crippen molar-refractivity contribution in [3.05, 3.63) is 51.1 Å². The van der Waals surface area contributed by atoms with Crippen LogP contribution in [-0.4, -0.2) is 16.5 Å². The average molecular weight is 322 g/mol. The van der Waals surface area contributed by atoms with E-state index in [1.807, 2.05) is 6.92 Å². The molecule has 5 heteroatoms. The Morgan fingerprint density at radius 1 is 1.26 bits per heavy atom. The summed E-state index contributed by atoms with van der Waals surface area (Å²) in [6, 6.07) is 6.44. The van der Waals surface area contributed by atoms with Crippen LogP contribution in [0.15, 0.2) is 23.7 Å². The number of aryl methyl sites for hydroxylation is 3. The van der Waals surface area contributed by atoms with Gasteiger partial charge in [-0.3, -0.25) is 4.98 Å². The van der Waals surface area contributed by atoms with E-state index in [-0.39, 0.29) is 0 Å². The Bertz CT molecular complexity index is 905. The van der Waals surface area contributed by atoms with Gasteiger partial charge in [-0.1, -0.05) is 11.6 Å². The predicted octanol–water partition coefficient (Wildman–Crippen LogP) is 4.14. The molecule has 0 atom stereocenters. The van der Waals surface area contributed by atoms with Gasteiger partial charge in [0.15, 0.2) is 0 Å². The van der Waals surface area contributed by atoms with Crippen LogP contribution in [0.4, 0.5) is 5.69 Å². The SMILES string of the molecule is Cc1cc(C)c2ncc(C#N)c(NCCc3csc(C)n3)c2c1. The number of nitriles is 1. The van der Waals surface area contributed by atoms with E-state index in [0.29, 0.717) is 5.56 Å². The minimum Gasteiger partial charge on any atom is -0.383 e. The predicted molar refractivity (Wildman–Crippen MR) is 95.0 cm³/mol. The summed E-state index contributed by atoms with van der Waals surface area (Å²) in [6.45, 7) is 6.87.